The second kappa shape index (κ2) is 4.62. The summed E-state index contributed by atoms with van der Waals surface area (Å²) in [5.41, 5.74) is 7.20. The van der Waals surface area contributed by atoms with Gasteiger partial charge in [-0.25, -0.2) is 0 Å². The van der Waals surface area contributed by atoms with Gasteiger partial charge in [0, 0.05) is 6.54 Å². The van der Waals surface area contributed by atoms with Crippen molar-refractivity contribution >= 4 is 5.91 Å². The third-order valence-electron chi connectivity index (χ3n) is 4.70. The van der Waals surface area contributed by atoms with Crippen LogP contribution in [0.4, 0.5) is 0 Å². The van der Waals surface area contributed by atoms with Crippen molar-refractivity contribution in [1.82, 2.24) is 5.32 Å². The predicted octanol–water partition coefficient (Wildman–Crippen LogP) is 1.02. The van der Waals surface area contributed by atoms with Gasteiger partial charge in [-0.2, -0.15) is 0 Å². The van der Waals surface area contributed by atoms with Crippen molar-refractivity contribution in [2.75, 3.05) is 0 Å². The van der Waals surface area contributed by atoms with Crippen molar-refractivity contribution < 1.29 is 9.90 Å². The number of nitrogens with two attached hydrogens (primary N) is 1. The minimum Gasteiger partial charge on any atom is -0.393 e. The van der Waals surface area contributed by atoms with Crippen molar-refractivity contribution in [1.29, 1.82) is 0 Å². The van der Waals surface area contributed by atoms with E-state index in [0.717, 1.165) is 36.8 Å². The van der Waals surface area contributed by atoms with Crippen molar-refractivity contribution in [2.24, 2.45) is 11.7 Å². The first-order valence-electron chi connectivity index (χ1n) is 6.96. The van der Waals surface area contributed by atoms with E-state index >= 15 is 0 Å². The van der Waals surface area contributed by atoms with E-state index in [9.17, 15) is 9.90 Å². The van der Waals surface area contributed by atoms with E-state index in [1.165, 1.54) is 0 Å². The Morgan fingerprint density at radius 2 is 1.95 bits per heavy atom. The number of carbonyl (C=O) groups is 1. The highest BCUT2D eigenvalue weighted by Crippen LogP contribution is 2.43. The molecule has 0 saturated heterocycles. The van der Waals surface area contributed by atoms with Gasteiger partial charge in [0.25, 0.3) is 0 Å². The maximum Gasteiger partial charge on any atom is 0.242 e. The highest BCUT2D eigenvalue weighted by molar-refractivity contribution is 5.88. The molecule has 4 nitrogen and oxygen atoms in total. The Kier molecular flexibility index (Phi) is 3.07. The molecule has 1 aliphatic carbocycles. The molecule has 1 heterocycles. The van der Waals surface area contributed by atoms with Crippen molar-refractivity contribution in [3.8, 4) is 0 Å². The van der Waals surface area contributed by atoms with E-state index in [1.807, 2.05) is 24.3 Å². The molecule has 19 heavy (non-hydrogen) atoms. The zero-order chi connectivity index (χ0) is 13.5. The second-order valence-corrected chi connectivity index (χ2v) is 5.69. The smallest absolute Gasteiger partial charge is 0.242 e. The molecular formula is C15H20N2O2. The number of amides is 1. The van der Waals surface area contributed by atoms with Gasteiger partial charge < -0.3 is 10.8 Å². The van der Waals surface area contributed by atoms with Crippen LogP contribution >= 0.6 is 0 Å². The first-order chi connectivity index (χ1) is 9.14. The Hall–Kier alpha value is -1.39. The summed E-state index contributed by atoms with van der Waals surface area (Å²) in [6.07, 6.45) is 2.96. The summed E-state index contributed by atoms with van der Waals surface area (Å²) >= 11 is 0. The molecule has 1 aliphatic heterocycles. The highest BCUT2D eigenvalue weighted by atomic mass is 16.3. The topological polar surface area (TPSA) is 75.4 Å². The quantitative estimate of drug-likeness (QED) is 0.743. The van der Waals surface area contributed by atoms with Gasteiger partial charge in [-0.1, -0.05) is 24.3 Å². The molecule has 0 aromatic heterocycles. The Morgan fingerprint density at radius 1 is 1.26 bits per heavy atom. The summed E-state index contributed by atoms with van der Waals surface area (Å²) in [6, 6.07) is 8.00. The molecule has 0 bridgehead atoms. The normalized spacial score (nSPS) is 33.9. The van der Waals surface area contributed by atoms with Gasteiger partial charge in [-0.15, -0.1) is 0 Å². The lowest BCUT2D eigenvalue weighted by Gasteiger charge is -2.39. The van der Waals surface area contributed by atoms with Crippen LogP contribution < -0.4 is 11.1 Å². The standard InChI is InChI=1S/C15H20N2O2/c16-14(19)15(11-5-7-12(18)8-6-11)13-4-2-1-3-10(13)9-17-15/h1-4,11-12,17-18H,5-9H2,(H2,16,19). The number of carbonyl (C=O) groups excluding carboxylic acids is 1. The summed E-state index contributed by atoms with van der Waals surface area (Å²) in [5, 5.41) is 13.0. The largest absolute Gasteiger partial charge is 0.393 e. The van der Waals surface area contributed by atoms with Crippen LogP contribution in [-0.4, -0.2) is 17.1 Å². The molecule has 1 unspecified atom stereocenters. The van der Waals surface area contributed by atoms with Gasteiger partial charge >= 0.3 is 0 Å². The Morgan fingerprint density at radius 3 is 2.63 bits per heavy atom. The Labute approximate surface area is 113 Å². The molecule has 1 aromatic rings. The molecule has 102 valence electrons. The van der Waals surface area contributed by atoms with E-state index in [4.69, 9.17) is 5.73 Å². The SMILES string of the molecule is NC(=O)C1(C2CCC(O)CC2)NCc2ccccc21. The van der Waals surface area contributed by atoms with Crippen LogP contribution in [0.3, 0.4) is 0 Å². The first-order valence-corrected chi connectivity index (χ1v) is 6.96. The summed E-state index contributed by atoms with van der Waals surface area (Å²) < 4.78 is 0. The number of benzene rings is 1. The number of aliphatic hydroxyl groups excluding tert-OH is 1. The summed E-state index contributed by atoms with van der Waals surface area (Å²) in [5.74, 6) is -0.115. The van der Waals surface area contributed by atoms with Gasteiger partial charge in [0.2, 0.25) is 5.91 Å². The first kappa shape index (κ1) is 12.6. The second-order valence-electron chi connectivity index (χ2n) is 5.69. The van der Waals surface area contributed by atoms with E-state index < -0.39 is 5.54 Å². The lowest BCUT2D eigenvalue weighted by molar-refractivity contribution is -0.128. The third-order valence-corrected chi connectivity index (χ3v) is 4.70. The molecule has 4 heteroatoms. The van der Waals surface area contributed by atoms with Crippen molar-refractivity contribution in [3.05, 3.63) is 35.4 Å². The summed E-state index contributed by atoms with van der Waals surface area (Å²) in [4.78, 5) is 12.2. The average Bonchev–Trinajstić information content (AvgIpc) is 2.80. The number of nitrogens with one attached hydrogen (secondary N) is 1. The molecule has 4 N–H and O–H groups in total. The predicted molar refractivity (Wildman–Crippen MR) is 72.1 cm³/mol. The van der Waals surface area contributed by atoms with E-state index in [-0.39, 0.29) is 17.9 Å². The number of hydrogen-bond donors (Lipinski definition) is 3. The van der Waals surface area contributed by atoms with E-state index in [0.29, 0.717) is 6.54 Å². The number of aliphatic hydroxyl groups is 1. The minimum atomic E-state index is -0.739. The van der Waals surface area contributed by atoms with Crippen LogP contribution in [0.2, 0.25) is 0 Å². The summed E-state index contributed by atoms with van der Waals surface area (Å²) in [6.45, 7) is 0.693. The monoisotopic (exact) mass is 260 g/mol. The molecule has 2 aliphatic rings. The van der Waals surface area contributed by atoms with E-state index in [1.54, 1.807) is 0 Å². The molecule has 1 aromatic carbocycles. The summed E-state index contributed by atoms with van der Waals surface area (Å²) in [7, 11) is 0. The number of primary amides is 1. The molecule has 1 fully saturated rings. The van der Waals surface area contributed by atoms with Crippen LogP contribution in [0.25, 0.3) is 0 Å². The zero-order valence-electron chi connectivity index (χ0n) is 10.9. The molecule has 1 atom stereocenters. The number of fused-ring (bicyclic) bond motifs is 1. The molecule has 0 spiro atoms. The maximum absolute atomic E-state index is 12.2. The molecule has 1 saturated carbocycles. The van der Waals surface area contributed by atoms with Gasteiger partial charge in [-0.05, 0) is 42.7 Å². The van der Waals surface area contributed by atoms with Crippen LogP contribution in [0.1, 0.15) is 36.8 Å². The molecule has 0 radical (unpaired) electrons. The van der Waals surface area contributed by atoms with Gasteiger partial charge in [-0.3, -0.25) is 10.1 Å². The fraction of sp³-hybridized carbons (Fsp3) is 0.533. The molecule has 1 amide bonds. The van der Waals surface area contributed by atoms with Crippen molar-refractivity contribution in [3.63, 3.8) is 0 Å². The number of rotatable bonds is 2. The van der Waals surface area contributed by atoms with Crippen LogP contribution in [0.15, 0.2) is 24.3 Å². The Bertz CT molecular complexity index is 495. The lowest BCUT2D eigenvalue weighted by atomic mass is 9.70. The van der Waals surface area contributed by atoms with Crippen LogP contribution in [0, 0.1) is 5.92 Å². The Balaban J connectivity index is 2.00. The number of hydrogen-bond acceptors (Lipinski definition) is 3. The fourth-order valence-electron chi connectivity index (χ4n) is 3.68. The zero-order valence-corrected chi connectivity index (χ0v) is 10.9. The fourth-order valence-corrected chi connectivity index (χ4v) is 3.68. The van der Waals surface area contributed by atoms with Crippen LogP contribution in [-0.2, 0) is 16.9 Å². The average molecular weight is 260 g/mol. The molecular weight excluding hydrogens is 240 g/mol. The maximum atomic E-state index is 12.2. The molecule has 3 rings (SSSR count). The van der Waals surface area contributed by atoms with Gasteiger partial charge in [0.05, 0.1) is 6.10 Å². The van der Waals surface area contributed by atoms with Gasteiger partial charge in [0.15, 0.2) is 0 Å². The minimum absolute atomic E-state index is 0.178. The van der Waals surface area contributed by atoms with Crippen LogP contribution in [0.5, 0.6) is 0 Å². The third kappa shape index (κ3) is 1.86. The van der Waals surface area contributed by atoms with Crippen molar-refractivity contribution in [2.45, 2.75) is 43.9 Å². The van der Waals surface area contributed by atoms with Gasteiger partial charge in [0.1, 0.15) is 5.54 Å². The van der Waals surface area contributed by atoms with E-state index in [2.05, 4.69) is 5.32 Å². The lowest BCUT2D eigenvalue weighted by Crippen LogP contribution is -2.55. The highest BCUT2D eigenvalue weighted by Gasteiger charge is 2.50.